The van der Waals surface area contributed by atoms with Crippen molar-refractivity contribution in [2.75, 3.05) is 0 Å². The third-order valence-corrected chi connectivity index (χ3v) is 9.14. The van der Waals surface area contributed by atoms with Crippen LogP contribution in [0.15, 0.2) is 178 Å². The smallest absolute Gasteiger partial charge is 0.136 e. The Morgan fingerprint density at radius 1 is 0.360 bits per heavy atom. The van der Waals surface area contributed by atoms with Crippen LogP contribution in [0.1, 0.15) is 26.0 Å². The van der Waals surface area contributed by atoms with E-state index in [-0.39, 0.29) is 27.5 Å². The molecule has 2 nitrogen and oxygen atoms in total. The highest BCUT2D eigenvalue weighted by atomic mass is 16.3. The van der Waals surface area contributed by atoms with E-state index < -0.39 is 159 Å². The number of hydrogen-bond acceptors (Lipinski definition) is 2. The molecular formula is C48H28O2. The predicted octanol–water partition coefficient (Wildman–Crippen LogP) is 13.9. The van der Waals surface area contributed by atoms with Crippen molar-refractivity contribution in [2.24, 2.45) is 0 Å². The Bertz CT molecular complexity index is 4160. The maximum atomic E-state index is 9.56. The molecule has 0 saturated carbocycles. The van der Waals surface area contributed by atoms with Crippen molar-refractivity contribution >= 4 is 76.2 Å². The van der Waals surface area contributed by atoms with Crippen LogP contribution in [0.4, 0.5) is 0 Å². The van der Waals surface area contributed by atoms with Crippen LogP contribution >= 0.6 is 0 Å². The standard InChI is InChI=1S/C48H28O2/c1-2-14-31-29(12-1)13-11-22-32(31)33-15-3-4-16-34(33)46-37-19-7-5-17-35(37)45(36-18-6-8-20-38(36)46)30-24-25-40-44(28-30)50-43-27-26-42-47(48(40)43)39-21-9-10-23-41(39)49-42/h1-28H/i1D,2D,3D,4D,5D,6D,7D,8D,11D,12D,13D,14D,15D,16D,17D,18D,19D,20D,22D. The highest BCUT2D eigenvalue weighted by molar-refractivity contribution is 6.27. The lowest BCUT2D eigenvalue weighted by atomic mass is 9.83. The molecule has 2 heteroatoms. The topological polar surface area (TPSA) is 26.3 Å². The zero-order valence-corrected chi connectivity index (χ0v) is 25.5. The van der Waals surface area contributed by atoms with Crippen LogP contribution in [0.25, 0.3) is 110 Å². The minimum Gasteiger partial charge on any atom is -0.456 e. The SMILES string of the molecule is [2H]c1c([2H])c([2H])c(-c2c3c([2H])c([2H])c([2H])c([2H])c3c(-c3ccc4c(c3)oc3ccc5oc6ccccc6c5c34)c3c([2H])c([2H])c([2H])c([2H])c23)c(-c2c([2H])c([2H])c([2H])c3c([2H])c([2H])c([2H])c([2H])c23)c1[2H]. The molecule has 9 aromatic carbocycles. The van der Waals surface area contributed by atoms with E-state index in [9.17, 15) is 9.60 Å². The maximum Gasteiger partial charge on any atom is 0.136 e. The van der Waals surface area contributed by atoms with Gasteiger partial charge >= 0.3 is 0 Å². The average Bonchev–Trinajstić information content (AvgIpc) is 3.91. The zero-order chi connectivity index (χ0) is 49.3. The molecule has 11 aromatic rings. The normalized spacial score (nSPS) is 17.3. The first-order chi connectivity index (χ1) is 32.7. The van der Waals surface area contributed by atoms with Crippen molar-refractivity contribution in [3.05, 3.63) is 169 Å². The quantitative estimate of drug-likeness (QED) is 0.177. The number of para-hydroxylation sites is 1. The van der Waals surface area contributed by atoms with Gasteiger partial charge in [0.2, 0.25) is 0 Å². The van der Waals surface area contributed by atoms with Crippen LogP contribution in [-0.2, 0) is 0 Å². The molecule has 0 bridgehead atoms. The van der Waals surface area contributed by atoms with E-state index in [1.165, 1.54) is 0 Å². The summed E-state index contributed by atoms with van der Waals surface area (Å²) in [5, 5.41) is 0.233. The predicted molar refractivity (Wildman–Crippen MR) is 210 cm³/mol. The molecule has 0 saturated heterocycles. The Balaban J connectivity index is 1.38. The Morgan fingerprint density at radius 3 is 1.64 bits per heavy atom. The van der Waals surface area contributed by atoms with E-state index in [2.05, 4.69) is 0 Å². The maximum absolute atomic E-state index is 9.56. The largest absolute Gasteiger partial charge is 0.456 e. The van der Waals surface area contributed by atoms with Gasteiger partial charge in [-0.3, -0.25) is 0 Å². The summed E-state index contributed by atoms with van der Waals surface area (Å²) in [6.07, 6.45) is 0. The summed E-state index contributed by atoms with van der Waals surface area (Å²) in [6.45, 7) is 0. The van der Waals surface area contributed by atoms with E-state index >= 15 is 0 Å². The van der Waals surface area contributed by atoms with Crippen molar-refractivity contribution in [3.8, 4) is 33.4 Å². The van der Waals surface area contributed by atoms with Crippen molar-refractivity contribution in [1.82, 2.24) is 0 Å². The molecule has 232 valence electrons. The van der Waals surface area contributed by atoms with Gasteiger partial charge in [0.25, 0.3) is 0 Å². The van der Waals surface area contributed by atoms with Gasteiger partial charge in [-0.25, -0.2) is 0 Å². The van der Waals surface area contributed by atoms with Gasteiger partial charge in [0.15, 0.2) is 0 Å². The van der Waals surface area contributed by atoms with Crippen LogP contribution in [0.3, 0.4) is 0 Å². The molecule has 0 amide bonds. The Labute approximate surface area is 314 Å². The van der Waals surface area contributed by atoms with Crippen LogP contribution < -0.4 is 0 Å². The molecule has 0 aliphatic carbocycles. The van der Waals surface area contributed by atoms with Gasteiger partial charge < -0.3 is 8.83 Å². The van der Waals surface area contributed by atoms with E-state index in [0.29, 0.717) is 27.5 Å². The number of furan rings is 2. The van der Waals surface area contributed by atoms with Gasteiger partial charge in [-0.15, -0.1) is 0 Å². The van der Waals surface area contributed by atoms with Crippen molar-refractivity contribution < 1.29 is 34.9 Å². The van der Waals surface area contributed by atoms with Crippen LogP contribution in [0, 0.1) is 0 Å². The number of benzene rings is 9. The molecule has 0 aliphatic heterocycles. The molecule has 2 heterocycles. The van der Waals surface area contributed by atoms with Crippen molar-refractivity contribution in [2.45, 2.75) is 0 Å². The lowest BCUT2D eigenvalue weighted by molar-refractivity contribution is 0.663. The first-order valence-electron chi connectivity index (χ1n) is 25.0. The summed E-state index contributed by atoms with van der Waals surface area (Å²) < 4.78 is 185. The van der Waals surface area contributed by atoms with Gasteiger partial charge in [0, 0.05) is 21.5 Å². The highest BCUT2D eigenvalue weighted by Gasteiger charge is 2.21. The second-order valence-corrected chi connectivity index (χ2v) is 11.7. The molecule has 0 atom stereocenters. The molecule has 11 rings (SSSR count). The molecule has 0 unspecified atom stereocenters. The fraction of sp³-hybridized carbons (Fsp3) is 0. The fourth-order valence-corrected chi connectivity index (χ4v) is 7.09. The lowest BCUT2D eigenvalue weighted by Gasteiger charge is -2.20. The highest BCUT2D eigenvalue weighted by Crippen LogP contribution is 2.48. The summed E-state index contributed by atoms with van der Waals surface area (Å²) >= 11 is 0. The summed E-state index contributed by atoms with van der Waals surface area (Å²) in [7, 11) is 0. The summed E-state index contributed by atoms with van der Waals surface area (Å²) in [6, 6.07) is 0.338. The second-order valence-electron chi connectivity index (χ2n) is 11.7. The number of fused-ring (bicyclic) bond motifs is 10. The van der Waals surface area contributed by atoms with Crippen LogP contribution in [-0.4, -0.2) is 0 Å². The summed E-state index contributed by atoms with van der Waals surface area (Å²) in [5.74, 6) is 0. The van der Waals surface area contributed by atoms with Gasteiger partial charge in [0.05, 0.1) is 26.0 Å². The lowest BCUT2D eigenvalue weighted by Crippen LogP contribution is -1.93. The van der Waals surface area contributed by atoms with Crippen molar-refractivity contribution in [1.29, 1.82) is 0 Å². The summed E-state index contributed by atoms with van der Waals surface area (Å²) in [5.41, 5.74) is -0.497. The zero-order valence-electron chi connectivity index (χ0n) is 44.5. The average molecular weight is 656 g/mol. The minimum atomic E-state index is -0.924. The van der Waals surface area contributed by atoms with Gasteiger partial charge in [0.1, 0.15) is 22.3 Å². The molecule has 0 aliphatic rings. The van der Waals surface area contributed by atoms with E-state index in [1.807, 2.05) is 24.3 Å². The Kier molecular flexibility index (Phi) is 3.10. The summed E-state index contributed by atoms with van der Waals surface area (Å²) in [4.78, 5) is 0. The van der Waals surface area contributed by atoms with Gasteiger partial charge in [-0.1, -0.05) is 139 Å². The molecule has 2 aromatic heterocycles. The number of hydrogen-bond donors (Lipinski definition) is 0. The van der Waals surface area contributed by atoms with Crippen molar-refractivity contribution in [3.63, 3.8) is 0 Å². The molecule has 0 N–H and O–H groups in total. The minimum absolute atomic E-state index is 0.112. The fourth-order valence-electron chi connectivity index (χ4n) is 7.09. The molecule has 50 heavy (non-hydrogen) atoms. The first-order valence-corrected chi connectivity index (χ1v) is 15.5. The third-order valence-electron chi connectivity index (χ3n) is 9.14. The van der Waals surface area contributed by atoms with Gasteiger partial charge in [-0.05, 0) is 96.0 Å². The third kappa shape index (κ3) is 3.85. The van der Waals surface area contributed by atoms with E-state index in [0.717, 1.165) is 10.8 Å². The second kappa shape index (κ2) is 10.4. The van der Waals surface area contributed by atoms with Crippen LogP contribution in [0.2, 0.25) is 0 Å². The molecule has 0 fully saturated rings. The number of rotatable bonds is 3. The molecule has 0 spiro atoms. The Hall–Kier alpha value is -6.64. The van der Waals surface area contributed by atoms with Crippen LogP contribution in [0.5, 0.6) is 0 Å². The van der Waals surface area contributed by atoms with E-state index in [4.69, 9.17) is 25.3 Å². The van der Waals surface area contributed by atoms with Gasteiger partial charge in [-0.2, -0.15) is 0 Å². The molecule has 0 radical (unpaired) electrons. The monoisotopic (exact) mass is 655 g/mol. The van der Waals surface area contributed by atoms with E-state index in [1.54, 1.807) is 30.3 Å². The Morgan fingerprint density at radius 2 is 0.900 bits per heavy atom. The molecular weight excluding hydrogens is 609 g/mol. The first kappa shape index (κ1) is 14.9.